The van der Waals surface area contributed by atoms with Gasteiger partial charge >= 0.3 is 0 Å². The largest absolute Gasteiger partial charge is 0.314 e. The molecule has 0 spiro atoms. The zero-order chi connectivity index (χ0) is 9.94. The van der Waals surface area contributed by atoms with Crippen molar-refractivity contribution in [2.24, 2.45) is 9.98 Å². The Kier molecular flexibility index (Phi) is 14.5. The summed E-state index contributed by atoms with van der Waals surface area (Å²) in [6, 6.07) is 3.27. The van der Waals surface area contributed by atoms with Crippen LogP contribution >= 0.6 is 12.4 Å². The average molecular weight is 220 g/mol. The van der Waals surface area contributed by atoms with Gasteiger partial charge in [0.1, 0.15) is 0 Å². The molecule has 0 bridgehead atoms. The van der Waals surface area contributed by atoms with E-state index in [1.165, 1.54) is 0 Å². The van der Waals surface area contributed by atoms with E-state index in [-0.39, 0.29) is 12.4 Å². The highest BCUT2D eigenvalue weighted by Crippen LogP contribution is 1.96. The molecule has 0 radical (unpaired) electrons. The van der Waals surface area contributed by atoms with Gasteiger partial charge in [-0.1, -0.05) is 13.8 Å². The molecule has 0 aliphatic rings. The third-order valence-electron chi connectivity index (χ3n) is 1.87. The summed E-state index contributed by atoms with van der Waals surface area (Å²) in [4.78, 5) is 7.98. The first-order chi connectivity index (χ1) is 6.35. The van der Waals surface area contributed by atoms with Crippen LogP contribution in [0.25, 0.3) is 0 Å². The number of hydrogen-bond donors (Lipinski definition) is 1. The molecule has 4 heteroatoms. The molecular weight excluding hydrogens is 198 g/mol. The van der Waals surface area contributed by atoms with E-state index in [9.17, 15) is 0 Å². The smallest absolute Gasteiger partial charge is 0.0892 e. The maximum Gasteiger partial charge on any atom is 0.0892 e. The highest BCUT2D eigenvalue weighted by Gasteiger charge is 2.01. The van der Waals surface area contributed by atoms with E-state index in [1.54, 1.807) is 0 Å². The van der Waals surface area contributed by atoms with Crippen molar-refractivity contribution in [3.05, 3.63) is 0 Å². The maximum atomic E-state index is 4.07. The second kappa shape index (κ2) is 12.6. The van der Waals surface area contributed by atoms with E-state index in [4.69, 9.17) is 0 Å². The van der Waals surface area contributed by atoms with Gasteiger partial charge in [-0.3, -0.25) is 0 Å². The van der Waals surface area contributed by atoms with Crippen LogP contribution in [0.4, 0.5) is 0 Å². The van der Waals surface area contributed by atoms with Crippen molar-refractivity contribution < 1.29 is 0 Å². The van der Waals surface area contributed by atoms with Gasteiger partial charge in [0.25, 0.3) is 0 Å². The first-order valence-corrected chi connectivity index (χ1v) is 5.16. The minimum Gasteiger partial charge on any atom is -0.314 e. The lowest BCUT2D eigenvalue weighted by atomic mass is 10.1. The van der Waals surface area contributed by atoms with Crippen LogP contribution in [0.3, 0.4) is 0 Å². The molecule has 0 aliphatic carbocycles. The number of aliphatic imine (C=N–C) groups is 2. The highest BCUT2D eigenvalue weighted by atomic mass is 35.5. The number of halogens is 1. The summed E-state index contributed by atoms with van der Waals surface area (Å²) in [6.45, 7) is 8.94. The van der Waals surface area contributed by atoms with Crippen molar-refractivity contribution in [3.63, 3.8) is 0 Å². The molecule has 0 rings (SSSR count). The van der Waals surface area contributed by atoms with Gasteiger partial charge in [-0.15, -0.1) is 12.4 Å². The fourth-order valence-electron chi connectivity index (χ4n) is 1.13. The molecule has 0 heterocycles. The normalized spacial score (nSPS) is 11.1. The van der Waals surface area contributed by atoms with E-state index in [2.05, 4.69) is 35.2 Å². The zero-order valence-electron chi connectivity index (χ0n) is 9.42. The fourth-order valence-corrected chi connectivity index (χ4v) is 1.13. The summed E-state index contributed by atoms with van der Waals surface area (Å²) in [6.07, 6.45) is 2.24. The molecule has 0 saturated carbocycles. The summed E-state index contributed by atoms with van der Waals surface area (Å²) in [5, 5.41) is 3.40. The third kappa shape index (κ3) is 9.72. The predicted octanol–water partition coefficient (Wildman–Crippen LogP) is 2.38. The molecule has 0 aliphatic heterocycles. The van der Waals surface area contributed by atoms with E-state index >= 15 is 0 Å². The Hall–Kier alpha value is -0.370. The van der Waals surface area contributed by atoms with Crippen molar-refractivity contribution in [3.8, 4) is 0 Å². The van der Waals surface area contributed by atoms with Gasteiger partial charge in [0.05, 0.1) is 12.6 Å². The first-order valence-electron chi connectivity index (χ1n) is 5.16. The number of hydrogen-bond acceptors (Lipinski definition) is 3. The lowest BCUT2D eigenvalue weighted by Crippen LogP contribution is -2.28. The van der Waals surface area contributed by atoms with Crippen molar-refractivity contribution in [1.82, 2.24) is 5.32 Å². The summed E-state index contributed by atoms with van der Waals surface area (Å²) in [5.74, 6) is 0. The van der Waals surface area contributed by atoms with E-state index < -0.39 is 0 Å². The Labute approximate surface area is 93.5 Å². The van der Waals surface area contributed by atoms with Crippen LogP contribution in [-0.2, 0) is 0 Å². The zero-order valence-corrected chi connectivity index (χ0v) is 10.2. The molecule has 0 fully saturated rings. The summed E-state index contributed by atoms with van der Waals surface area (Å²) < 4.78 is 0. The van der Waals surface area contributed by atoms with Crippen LogP contribution in [0.5, 0.6) is 0 Å². The fraction of sp³-hybridized carbons (Fsp3) is 0.900. The van der Waals surface area contributed by atoms with Gasteiger partial charge in [0.2, 0.25) is 0 Å². The molecular formula is C10H22ClN3. The van der Waals surface area contributed by atoms with E-state index in [0.29, 0.717) is 6.04 Å². The Morgan fingerprint density at radius 3 is 2.43 bits per heavy atom. The lowest BCUT2D eigenvalue weighted by Gasteiger charge is -2.13. The molecule has 84 valence electrons. The van der Waals surface area contributed by atoms with Crippen molar-refractivity contribution >= 4 is 18.4 Å². The highest BCUT2D eigenvalue weighted by molar-refractivity contribution is 5.85. The Bertz CT molecular complexity index is 165. The van der Waals surface area contributed by atoms with Gasteiger partial charge in [-0.05, 0) is 26.3 Å². The lowest BCUT2D eigenvalue weighted by molar-refractivity contribution is 0.487. The second-order valence-corrected chi connectivity index (χ2v) is 2.91. The van der Waals surface area contributed by atoms with Gasteiger partial charge in [0, 0.05) is 12.6 Å². The minimum absolute atomic E-state index is 0. The standard InChI is InChI=1S/C10H21N3.ClH/c1-4-10(13-6-3)7-8-12-9-11-5-2;/h10,13H,4-8H2,1-3H3;1H. The molecule has 0 aromatic rings. The molecule has 1 N–H and O–H groups in total. The van der Waals surface area contributed by atoms with Crippen LogP contribution in [0.1, 0.15) is 33.6 Å². The van der Waals surface area contributed by atoms with Crippen molar-refractivity contribution in [2.75, 3.05) is 19.6 Å². The van der Waals surface area contributed by atoms with Gasteiger partial charge in [-0.25, -0.2) is 9.98 Å². The van der Waals surface area contributed by atoms with Gasteiger partial charge in [0.15, 0.2) is 0 Å². The monoisotopic (exact) mass is 219 g/mol. The Morgan fingerprint density at radius 2 is 1.93 bits per heavy atom. The molecule has 1 unspecified atom stereocenters. The Balaban J connectivity index is 0. The molecule has 0 aromatic carbocycles. The molecule has 1 atom stereocenters. The molecule has 0 saturated heterocycles. The van der Waals surface area contributed by atoms with E-state index in [0.717, 1.165) is 32.5 Å². The maximum absolute atomic E-state index is 4.07. The van der Waals surface area contributed by atoms with Crippen LogP contribution in [0.15, 0.2) is 9.98 Å². The minimum atomic E-state index is 0. The van der Waals surface area contributed by atoms with Crippen LogP contribution in [0, 0.1) is 0 Å². The van der Waals surface area contributed by atoms with Crippen LogP contribution in [0.2, 0.25) is 0 Å². The van der Waals surface area contributed by atoms with Crippen molar-refractivity contribution in [1.29, 1.82) is 0 Å². The third-order valence-corrected chi connectivity index (χ3v) is 1.87. The topological polar surface area (TPSA) is 36.8 Å². The molecule has 0 aromatic heterocycles. The van der Waals surface area contributed by atoms with Gasteiger partial charge < -0.3 is 5.32 Å². The number of nitrogens with zero attached hydrogens (tertiary/aromatic N) is 2. The van der Waals surface area contributed by atoms with Crippen LogP contribution < -0.4 is 5.32 Å². The van der Waals surface area contributed by atoms with Crippen LogP contribution in [-0.4, -0.2) is 31.7 Å². The SMILES string of the molecule is CCN=C=NCCC(CC)NCC.Cl. The predicted molar refractivity (Wildman–Crippen MR) is 64.9 cm³/mol. The summed E-state index contributed by atoms with van der Waals surface area (Å²) >= 11 is 0. The first kappa shape index (κ1) is 16.1. The molecule has 3 nitrogen and oxygen atoms in total. The second-order valence-electron chi connectivity index (χ2n) is 2.91. The number of rotatable bonds is 7. The van der Waals surface area contributed by atoms with Gasteiger partial charge in [-0.2, -0.15) is 0 Å². The Morgan fingerprint density at radius 1 is 1.21 bits per heavy atom. The molecule has 0 amide bonds. The summed E-state index contributed by atoms with van der Waals surface area (Å²) in [7, 11) is 0. The van der Waals surface area contributed by atoms with Crippen molar-refractivity contribution in [2.45, 2.75) is 39.7 Å². The molecule has 14 heavy (non-hydrogen) atoms. The number of nitrogens with one attached hydrogen (secondary N) is 1. The average Bonchev–Trinajstić information content (AvgIpc) is 2.16. The summed E-state index contributed by atoms with van der Waals surface area (Å²) in [5.41, 5.74) is 0. The van der Waals surface area contributed by atoms with E-state index in [1.807, 2.05) is 6.92 Å². The quantitative estimate of drug-likeness (QED) is 0.656.